The topological polar surface area (TPSA) is 53.5 Å². The summed E-state index contributed by atoms with van der Waals surface area (Å²) in [5.74, 6) is 0.828. The van der Waals surface area contributed by atoms with E-state index in [1.54, 1.807) is 0 Å². The maximum atomic E-state index is 9.32. The summed E-state index contributed by atoms with van der Waals surface area (Å²) in [5, 5.41) is 15.4. The number of fused-ring (bicyclic) bond motifs is 1. The van der Waals surface area contributed by atoms with Gasteiger partial charge in [0.1, 0.15) is 12.4 Å². The van der Waals surface area contributed by atoms with Crippen LogP contribution in [0, 0.1) is 0 Å². The highest BCUT2D eigenvalue weighted by Gasteiger charge is 2.15. The molecule has 4 heteroatoms. The molecule has 3 N–H and O–H groups in total. The lowest BCUT2D eigenvalue weighted by Gasteiger charge is -2.24. The number of benzene rings is 1. The van der Waals surface area contributed by atoms with E-state index in [0.717, 1.165) is 24.4 Å². The molecule has 1 aliphatic rings. The van der Waals surface area contributed by atoms with Crippen LogP contribution in [0.2, 0.25) is 0 Å². The van der Waals surface area contributed by atoms with E-state index in [9.17, 15) is 5.11 Å². The number of ether oxygens (including phenoxy) is 1. The number of aliphatic hydroxyl groups is 1. The Morgan fingerprint density at radius 3 is 3.27 bits per heavy atom. The van der Waals surface area contributed by atoms with Crippen LogP contribution in [-0.2, 0) is 6.42 Å². The molecule has 0 unspecified atom stereocenters. The predicted molar refractivity (Wildman–Crippen MR) is 59.2 cm³/mol. The Labute approximate surface area is 89.3 Å². The first-order chi connectivity index (χ1) is 7.29. The van der Waals surface area contributed by atoms with Gasteiger partial charge in [0, 0.05) is 0 Å². The van der Waals surface area contributed by atoms with Crippen molar-refractivity contribution in [2.24, 2.45) is 0 Å². The zero-order valence-electron chi connectivity index (χ0n) is 8.79. The third kappa shape index (κ3) is 2.40. The molecule has 0 bridgehead atoms. The van der Waals surface area contributed by atoms with Crippen LogP contribution in [0.5, 0.6) is 5.75 Å². The molecule has 1 aliphatic heterocycles. The van der Waals surface area contributed by atoms with Gasteiger partial charge in [-0.15, -0.1) is 0 Å². The van der Waals surface area contributed by atoms with Crippen molar-refractivity contribution in [1.29, 1.82) is 0 Å². The predicted octanol–water partition coefficient (Wildman–Crippen LogP) is 0.571. The lowest BCUT2D eigenvalue weighted by atomic mass is 10.1. The smallest absolute Gasteiger partial charge is 0.159 e. The highest BCUT2D eigenvalue weighted by molar-refractivity contribution is 5.59. The number of anilines is 1. The maximum Gasteiger partial charge on any atom is 0.159 e. The van der Waals surface area contributed by atoms with Gasteiger partial charge in [0.2, 0.25) is 0 Å². The van der Waals surface area contributed by atoms with Gasteiger partial charge in [-0.1, -0.05) is 6.07 Å². The SMILES string of the molecule is CNCCc1ccc2c(c1)OC[C@@H](O)N2. The van der Waals surface area contributed by atoms with Gasteiger partial charge < -0.3 is 20.5 Å². The summed E-state index contributed by atoms with van der Waals surface area (Å²) in [6, 6.07) is 6.01. The van der Waals surface area contributed by atoms with E-state index in [1.807, 2.05) is 25.2 Å². The summed E-state index contributed by atoms with van der Waals surface area (Å²) in [6.45, 7) is 1.26. The van der Waals surface area contributed by atoms with Crippen LogP contribution in [0.15, 0.2) is 18.2 Å². The van der Waals surface area contributed by atoms with Crippen LogP contribution in [0.25, 0.3) is 0 Å². The molecule has 0 fully saturated rings. The Bertz CT molecular complexity index is 341. The average molecular weight is 208 g/mol. The molecule has 1 heterocycles. The fourth-order valence-corrected chi connectivity index (χ4v) is 1.62. The molecular weight excluding hydrogens is 192 g/mol. The van der Waals surface area contributed by atoms with E-state index < -0.39 is 6.23 Å². The Morgan fingerprint density at radius 1 is 1.60 bits per heavy atom. The molecule has 0 aliphatic carbocycles. The Kier molecular flexibility index (Phi) is 3.08. The highest BCUT2D eigenvalue weighted by atomic mass is 16.5. The van der Waals surface area contributed by atoms with Gasteiger partial charge in [-0.2, -0.15) is 0 Å². The van der Waals surface area contributed by atoms with Crippen LogP contribution >= 0.6 is 0 Å². The molecule has 4 nitrogen and oxygen atoms in total. The molecule has 2 rings (SSSR count). The number of hydrogen-bond donors (Lipinski definition) is 3. The van der Waals surface area contributed by atoms with Crippen molar-refractivity contribution in [3.63, 3.8) is 0 Å². The van der Waals surface area contributed by atoms with Gasteiger partial charge in [-0.05, 0) is 37.7 Å². The second kappa shape index (κ2) is 4.51. The first kappa shape index (κ1) is 10.3. The lowest BCUT2D eigenvalue weighted by Crippen LogP contribution is -2.30. The summed E-state index contributed by atoms with van der Waals surface area (Å²) >= 11 is 0. The Morgan fingerprint density at radius 2 is 2.47 bits per heavy atom. The molecule has 0 amide bonds. The second-order valence-electron chi connectivity index (χ2n) is 3.66. The van der Waals surface area contributed by atoms with E-state index in [0.29, 0.717) is 6.61 Å². The molecular formula is C11H16N2O2. The normalized spacial score (nSPS) is 18.9. The van der Waals surface area contributed by atoms with Gasteiger partial charge in [-0.25, -0.2) is 0 Å². The van der Waals surface area contributed by atoms with Crippen LogP contribution < -0.4 is 15.4 Å². The first-order valence-corrected chi connectivity index (χ1v) is 5.14. The Hall–Kier alpha value is -1.26. The summed E-state index contributed by atoms with van der Waals surface area (Å²) < 4.78 is 5.42. The van der Waals surface area contributed by atoms with Gasteiger partial charge in [-0.3, -0.25) is 0 Å². The van der Waals surface area contributed by atoms with Crippen LogP contribution in [0.3, 0.4) is 0 Å². The van der Waals surface area contributed by atoms with E-state index >= 15 is 0 Å². The summed E-state index contributed by atoms with van der Waals surface area (Å²) in [4.78, 5) is 0. The minimum atomic E-state index is -0.597. The minimum absolute atomic E-state index is 0.308. The van der Waals surface area contributed by atoms with E-state index in [2.05, 4.69) is 10.6 Å². The molecule has 0 radical (unpaired) electrons. The van der Waals surface area contributed by atoms with Crippen molar-refractivity contribution >= 4 is 5.69 Å². The molecule has 15 heavy (non-hydrogen) atoms. The third-order valence-electron chi connectivity index (χ3n) is 2.43. The molecule has 0 saturated heterocycles. The van der Waals surface area contributed by atoms with Gasteiger partial charge in [0.25, 0.3) is 0 Å². The van der Waals surface area contributed by atoms with Crippen molar-refractivity contribution < 1.29 is 9.84 Å². The average Bonchev–Trinajstić information content (AvgIpc) is 2.26. The first-order valence-electron chi connectivity index (χ1n) is 5.14. The van der Waals surface area contributed by atoms with Crippen molar-refractivity contribution in [3.05, 3.63) is 23.8 Å². The minimum Gasteiger partial charge on any atom is -0.487 e. The van der Waals surface area contributed by atoms with E-state index in [4.69, 9.17) is 4.74 Å². The quantitative estimate of drug-likeness (QED) is 0.680. The summed E-state index contributed by atoms with van der Waals surface area (Å²) in [6.07, 6.45) is 0.385. The molecule has 0 spiro atoms. The number of nitrogens with one attached hydrogen (secondary N) is 2. The maximum absolute atomic E-state index is 9.32. The number of likely N-dealkylation sites (N-methyl/N-ethyl adjacent to an activating group) is 1. The fraction of sp³-hybridized carbons (Fsp3) is 0.455. The standard InChI is InChI=1S/C11H16N2O2/c1-12-5-4-8-2-3-9-10(6-8)15-7-11(14)13-9/h2-3,6,11-14H,4-5,7H2,1H3/t11-/m1/s1. The zero-order chi connectivity index (χ0) is 10.7. The largest absolute Gasteiger partial charge is 0.487 e. The zero-order valence-corrected chi connectivity index (χ0v) is 8.79. The van der Waals surface area contributed by atoms with Crippen LogP contribution in [-0.4, -0.2) is 31.5 Å². The molecule has 82 valence electrons. The molecule has 0 saturated carbocycles. The van der Waals surface area contributed by atoms with E-state index in [1.165, 1.54) is 5.56 Å². The van der Waals surface area contributed by atoms with Gasteiger partial charge >= 0.3 is 0 Å². The van der Waals surface area contributed by atoms with Crippen molar-refractivity contribution in [2.75, 3.05) is 25.5 Å². The number of rotatable bonds is 3. The molecule has 1 atom stereocenters. The number of aliphatic hydroxyl groups excluding tert-OH is 1. The third-order valence-corrected chi connectivity index (χ3v) is 2.43. The van der Waals surface area contributed by atoms with Gasteiger partial charge in [0.15, 0.2) is 6.23 Å². The van der Waals surface area contributed by atoms with E-state index in [-0.39, 0.29) is 0 Å². The summed E-state index contributed by atoms with van der Waals surface area (Å²) in [7, 11) is 1.94. The molecule has 0 aromatic heterocycles. The van der Waals surface area contributed by atoms with Crippen molar-refractivity contribution in [1.82, 2.24) is 5.32 Å². The van der Waals surface area contributed by atoms with Crippen LogP contribution in [0.4, 0.5) is 5.69 Å². The van der Waals surface area contributed by atoms with Gasteiger partial charge in [0.05, 0.1) is 5.69 Å². The van der Waals surface area contributed by atoms with Crippen LogP contribution in [0.1, 0.15) is 5.56 Å². The lowest BCUT2D eigenvalue weighted by molar-refractivity contribution is 0.119. The Balaban J connectivity index is 2.12. The highest BCUT2D eigenvalue weighted by Crippen LogP contribution is 2.29. The second-order valence-corrected chi connectivity index (χ2v) is 3.66. The van der Waals surface area contributed by atoms with Crippen molar-refractivity contribution in [2.45, 2.75) is 12.6 Å². The molecule has 1 aromatic rings. The fourth-order valence-electron chi connectivity index (χ4n) is 1.62. The molecule has 1 aromatic carbocycles. The summed E-state index contributed by atoms with van der Waals surface area (Å²) in [5.41, 5.74) is 2.10. The number of hydrogen-bond acceptors (Lipinski definition) is 4. The monoisotopic (exact) mass is 208 g/mol. The van der Waals surface area contributed by atoms with Crippen molar-refractivity contribution in [3.8, 4) is 5.75 Å².